The highest BCUT2D eigenvalue weighted by atomic mass is 35.5. The summed E-state index contributed by atoms with van der Waals surface area (Å²) in [5.74, 6) is -0.410. The predicted molar refractivity (Wildman–Crippen MR) is 139 cm³/mol. The first-order valence-electron chi connectivity index (χ1n) is 11.3. The van der Waals surface area contributed by atoms with Crippen LogP contribution in [0.25, 0.3) is 0 Å². The molecule has 1 N–H and O–H groups in total. The summed E-state index contributed by atoms with van der Waals surface area (Å²) in [6.07, 6.45) is 1.39. The Morgan fingerprint density at radius 1 is 1.14 bits per heavy atom. The van der Waals surface area contributed by atoms with Crippen molar-refractivity contribution in [3.8, 4) is 5.75 Å². The van der Waals surface area contributed by atoms with Crippen LogP contribution in [0.5, 0.6) is 5.75 Å². The van der Waals surface area contributed by atoms with Crippen LogP contribution in [0.15, 0.2) is 42.5 Å². The van der Waals surface area contributed by atoms with Crippen molar-refractivity contribution in [2.24, 2.45) is 0 Å². The molecule has 10 heteroatoms. The number of nitrogens with one attached hydrogen (secondary N) is 1. The molecular formula is C25H34ClN3O5S. The zero-order valence-corrected chi connectivity index (χ0v) is 22.6. The highest BCUT2D eigenvalue weighted by Gasteiger charge is 2.32. The van der Waals surface area contributed by atoms with Crippen molar-refractivity contribution in [2.45, 2.75) is 52.7 Å². The minimum Gasteiger partial charge on any atom is -0.495 e. The minimum absolute atomic E-state index is 0.110. The SMILES string of the molecule is CC[C@H](C(=O)NC(C)C)N(Cc1ccccc1C)C(=O)CN(c1ccc(OC)c(Cl)c1)S(C)(=O)=O. The van der Waals surface area contributed by atoms with Crippen LogP contribution in [0.4, 0.5) is 5.69 Å². The van der Waals surface area contributed by atoms with Crippen molar-refractivity contribution < 1.29 is 22.7 Å². The fraction of sp³-hybridized carbons (Fsp3) is 0.440. The van der Waals surface area contributed by atoms with Crippen molar-refractivity contribution >= 4 is 39.1 Å². The van der Waals surface area contributed by atoms with E-state index in [1.165, 1.54) is 30.2 Å². The molecule has 0 aromatic heterocycles. The normalized spacial score (nSPS) is 12.2. The molecule has 0 aliphatic heterocycles. The Kier molecular flexibility index (Phi) is 9.97. The number of aryl methyl sites for hydroxylation is 1. The van der Waals surface area contributed by atoms with E-state index in [4.69, 9.17) is 16.3 Å². The van der Waals surface area contributed by atoms with Crippen LogP contribution in [0.2, 0.25) is 5.02 Å². The van der Waals surface area contributed by atoms with Gasteiger partial charge in [-0.3, -0.25) is 13.9 Å². The largest absolute Gasteiger partial charge is 0.495 e. The number of benzene rings is 2. The maximum atomic E-state index is 13.7. The van der Waals surface area contributed by atoms with Crippen LogP contribution in [-0.4, -0.2) is 57.1 Å². The van der Waals surface area contributed by atoms with Crippen LogP contribution >= 0.6 is 11.6 Å². The fourth-order valence-corrected chi connectivity index (χ4v) is 4.79. The molecule has 2 aromatic carbocycles. The van der Waals surface area contributed by atoms with E-state index >= 15 is 0 Å². The third-order valence-corrected chi connectivity index (χ3v) is 6.96. The number of carbonyl (C=O) groups is 2. The number of hydrogen-bond acceptors (Lipinski definition) is 5. The zero-order chi connectivity index (χ0) is 26.3. The molecule has 192 valence electrons. The molecule has 0 radical (unpaired) electrons. The Morgan fingerprint density at radius 3 is 2.31 bits per heavy atom. The van der Waals surface area contributed by atoms with E-state index in [9.17, 15) is 18.0 Å². The molecule has 2 rings (SSSR count). The topological polar surface area (TPSA) is 96.0 Å². The van der Waals surface area contributed by atoms with Gasteiger partial charge < -0.3 is 15.0 Å². The van der Waals surface area contributed by atoms with Gasteiger partial charge in [0.1, 0.15) is 18.3 Å². The number of hydrogen-bond donors (Lipinski definition) is 1. The second-order valence-corrected chi connectivity index (χ2v) is 10.9. The molecule has 0 fully saturated rings. The van der Waals surface area contributed by atoms with Crippen LogP contribution in [0.3, 0.4) is 0 Å². The van der Waals surface area contributed by atoms with Crippen LogP contribution < -0.4 is 14.4 Å². The van der Waals surface area contributed by atoms with Crippen molar-refractivity contribution in [3.63, 3.8) is 0 Å². The van der Waals surface area contributed by atoms with E-state index in [0.29, 0.717) is 12.2 Å². The van der Waals surface area contributed by atoms with Gasteiger partial charge in [0.25, 0.3) is 0 Å². The third kappa shape index (κ3) is 7.60. The Morgan fingerprint density at radius 2 is 1.80 bits per heavy atom. The second kappa shape index (κ2) is 12.3. The van der Waals surface area contributed by atoms with Gasteiger partial charge in [0, 0.05) is 12.6 Å². The standard InChI is InChI=1S/C25H34ClN3O5S/c1-7-22(25(31)27-17(2)3)28(15-19-11-9-8-10-18(19)4)24(30)16-29(35(6,32)33)20-12-13-23(34-5)21(26)14-20/h8-14,17,22H,7,15-16H2,1-6H3,(H,27,31)/t22-/m1/s1. The summed E-state index contributed by atoms with van der Waals surface area (Å²) < 4.78 is 31.5. The van der Waals surface area contributed by atoms with E-state index in [0.717, 1.165) is 21.7 Å². The molecule has 8 nitrogen and oxygen atoms in total. The summed E-state index contributed by atoms with van der Waals surface area (Å²) in [5, 5.41) is 3.08. The number of sulfonamides is 1. The summed E-state index contributed by atoms with van der Waals surface area (Å²) >= 11 is 6.22. The molecule has 0 aliphatic carbocycles. The lowest BCUT2D eigenvalue weighted by Crippen LogP contribution is -2.53. The Bertz CT molecular complexity index is 1150. The highest BCUT2D eigenvalue weighted by molar-refractivity contribution is 7.92. The first-order chi connectivity index (χ1) is 16.4. The molecule has 0 saturated carbocycles. The van der Waals surface area contributed by atoms with Gasteiger partial charge in [-0.1, -0.05) is 42.8 Å². The van der Waals surface area contributed by atoms with E-state index in [1.807, 2.05) is 52.0 Å². The summed E-state index contributed by atoms with van der Waals surface area (Å²) in [6, 6.07) is 11.2. The van der Waals surface area contributed by atoms with Gasteiger partial charge in [-0.15, -0.1) is 0 Å². The molecule has 35 heavy (non-hydrogen) atoms. The number of amides is 2. The molecule has 1 atom stereocenters. The molecule has 0 spiro atoms. The van der Waals surface area contributed by atoms with Crippen molar-refractivity contribution in [3.05, 3.63) is 58.6 Å². The number of rotatable bonds is 11. The lowest BCUT2D eigenvalue weighted by Gasteiger charge is -2.33. The molecule has 0 saturated heterocycles. The third-order valence-electron chi connectivity index (χ3n) is 5.52. The monoisotopic (exact) mass is 523 g/mol. The van der Waals surface area contributed by atoms with Gasteiger partial charge in [-0.25, -0.2) is 8.42 Å². The highest BCUT2D eigenvalue weighted by Crippen LogP contribution is 2.30. The summed E-state index contributed by atoms with van der Waals surface area (Å²) in [4.78, 5) is 28.1. The van der Waals surface area contributed by atoms with Crippen LogP contribution in [0, 0.1) is 6.92 Å². The second-order valence-electron chi connectivity index (χ2n) is 8.62. The van der Waals surface area contributed by atoms with Gasteiger partial charge in [0.05, 0.1) is 24.1 Å². The smallest absolute Gasteiger partial charge is 0.244 e. The molecule has 2 aromatic rings. The van der Waals surface area contributed by atoms with Gasteiger partial charge >= 0.3 is 0 Å². The fourth-order valence-electron chi connectivity index (χ4n) is 3.70. The molecule has 0 bridgehead atoms. The molecule has 0 heterocycles. The van der Waals surface area contributed by atoms with Gasteiger partial charge in [0.2, 0.25) is 21.8 Å². The Balaban J connectivity index is 2.48. The van der Waals surface area contributed by atoms with Crippen molar-refractivity contribution in [2.75, 3.05) is 24.2 Å². The zero-order valence-electron chi connectivity index (χ0n) is 21.0. The van der Waals surface area contributed by atoms with Gasteiger partial charge in [0.15, 0.2) is 0 Å². The van der Waals surface area contributed by atoms with E-state index in [1.54, 1.807) is 0 Å². The summed E-state index contributed by atoms with van der Waals surface area (Å²) in [5.41, 5.74) is 2.06. The lowest BCUT2D eigenvalue weighted by molar-refractivity contribution is -0.140. The molecule has 0 aliphatic rings. The number of anilines is 1. The summed E-state index contributed by atoms with van der Waals surface area (Å²) in [7, 11) is -2.40. The van der Waals surface area contributed by atoms with E-state index < -0.39 is 28.5 Å². The number of ether oxygens (including phenoxy) is 1. The number of halogens is 1. The molecule has 0 unspecified atom stereocenters. The average Bonchev–Trinajstić information content (AvgIpc) is 2.77. The van der Waals surface area contributed by atoms with Crippen LogP contribution in [0.1, 0.15) is 38.3 Å². The van der Waals surface area contributed by atoms with Crippen molar-refractivity contribution in [1.82, 2.24) is 10.2 Å². The number of nitrogens with zero attached hydrogens (tertiary/aromatic N) is 2. The average molecular weight is 524 g/mol. The van der Waals surface area contributed by atoms with E-state index in [-0.39, 0.29) is 29.2 Å². The summed E-state index contributed by atoms with van der Waals surface area (Å²) in [6.45, 7) is 7.11. The Labute approximate surface area is 213 Å². The predicted octanol–water partition coefficient (Wildman–Crippen LogP) is 3.76. The maximum Gasteiger partial charge on any atom is 0.244 e. The minimum atomic E-state index is -3.85. The first-order valence-corrected chi connectivity index (χ1v) is 13.6. The maximum absolute atomic E-state index is 13.7. The van der Waals surface area contributed by atoms with E-state index in [2.05, 4.69) is 5.32 Å². The molecule has 2 amide bonds. The lowest BCUT2D eigenvalue weighted by atomic mass is 10.1. The Hall–Kier alpha value is -2.78. The first kappa shape index (κ1) is 28.5. The van der Waals surface area contributed by atoms with Gasteiger partial charge in [-0.05, 0) is 56.5 Å². The quantitative estimate of drug-likeness (QED) is 0.484. The van der Waals surface area contributed by atoms with Gasteiger partial charge in [-0.2, -0.15) is 0 Å². The number of methoxy groups -OCH3 is 1. The molecular weight excluding hydrogens is 490 g/mol. The number of carbonyl (C=O) groups excluding carboxylic acids is 2. The van der Waals surface area contributed by atoms with Crippen LogP contribution in [-0.2, 0) is 26.2 Å². The van der Waals surface area contributed by atoms with Crippen molar-refractivity contribution in [1.29, 1.82) is 0 Å².